The number of halogens is 2. The number of rotatable bonds is 6. The second kappa shape index (κ2) is 9.94. The van der Waals surface area contributed by atoms with Crippen molar-refractivity contribution in [3.8, 4) is 0 Å². The molecule has 2 aromatic rings. The third-order valence-electron chi connectivity index (χ3n) is 5.71. The second-order valence-electron chi connectivity index (χ2n) is 7.77. The Kier molecular flexibility index (Phi) is 7.07. The summed E-state index contributed by atoms with van der Waals surface area (Å²) in [7, 11) is 0. The van der Waals surface area contributed by atoms with Gasteiger partial charge in [0, 0.05) is 32.7 Å². The molecule has 1 N–H and O–H groups in total. The van der Waals surface area contributed by atoms with Gasteiger partial charge < -0.3 is 19.4 Å². The van der Waals surface area contributed by atoms with Crippen LogP contribution >= 0.6 is 15.9 Å². The SMILES string of the molecule is O=C(Nc1cc(CCN2CCOCC2)c(F)cc1N1CCCCC1)c1ccc(Br)o1. The zero-order chi connectivity index (χ0) is 20.9. The highest BCUT2D eigenvalue weighted by atomic mass is 79.9. The molecule has 2 saturated heterocycles. The summed E-state index contributed by atoms with van der Waals surface area (Å²) in [4.78, 5) is 17.1. The number of furan rings is 1. The fourth-order valence-corrected chi connectivity index (χ4v) is 4.33. The minimum atomic E-state index is -0.343. The summed E-state index contributed by atoms with van der Waals surface area (Å²) in [6.45, 7) is 5.66. The smallest absolute Gasteiger partial charge is 0.291 e. The highest BCUT2D eigenvalue weighted by molar-refractivity contribution is 9.10. The van der Waals surface area contributed by atoms with Crippen LogP contribution in [0.25, 0.3) is 0 Å². The Hall–Kier alpha value is -1.90. The molecule has 0 spiro atoms. The minimum absolute atomic E-state index is 0.214. The third kappa shape index (κ3) is 5.22. The van der Waals surface area contributed by atoms with Crippen molar-refractivity contribution >= 4 is 33.2 Å². The van der Waals surface area contributed by atoms with Crippen LogP contribution in [-0.2, 0) is 11.2 Å². The molecule has 0 radical (unpaired) electrons. The molecule has 30 heavy (non-hydrogen) atoms. The van der Waals surface area contributed by atoms with E-state index >= 15 is 0 Å². The van der Waals surface area contributed by atoms with Gasteiger partial charge in [-0.3, -0.25) is 9.69 Å². The molecule has 0 bridgehead atoms. The topological polar surface area (TPSA) is 58.0 Å². The summed E-state index contributed by atoms with van der Waals surface area (Å²) in [5.74, 6) is -0.349. The predicted octanol–water partition coefficient (Wildman–Crippen LogP) is 4.30. The number of morpholine rings is 1. The maximum atomic E-state index is 15.0. The summed E-state index contributed by atoms with van der Waals surface area (Å²) in [5.41, 5.74) is 1.98. The van der Waals surface area contributed by atoms with Gasteiger partial charge in [-0.25, -0.2) is 4.39 Å². The van der Waals surface area contributed by atoms with E-state index < -0.39 is 0 Å². The summed E-state index contributed by atoms with van der Waals surface area (Å²) >= 11 is 3.22. The molecule has 1 aromatic heterocycles. The van der Waals surface area contributed by atoms with Crippen LogP contribution in [-0.4, -0.2) is 56.7 Å². The molecule has 0 atom stereocenters. The summed E-state index contributed by atoms with van der Waals surface area (Å²) in [5, 5.41) is 2.95. The molecule has 6 nitrogen and oxygen atoms in total. The quantitative estimate of drug-likeness (QED) is 0.669. The first kappa shape index (κ1) is 21.3. The van der Waals surface area contributed by atoms with Gasteiger partial charge in [-0.1, -0.05) is 0 Å². The van der Waals surface area contributed by atoms with E-state index in [1.807, 2.05) is 0 Å². The van der Waals surface area contributed by atoms with Crippen molar-refractivity contribution in [2.45, 2.75) is 25.7 Å². The Morgan fingerprint density at radius 1 is 1.10 bits per heavy atom. The predicted molar refractivity (Wildman–Crippen MR) is 118 cm³/mol. The van der Waals surface area contributed by atoms with Crippen LogP contribution < -0.4 is 10.2 Å². The number of nitrogens with one attached hydrogen (secondary N) is 1. The number of benzene rings is 1. The van der Waals surface area contributed by atoms with Crippen molar-refractivity contribution in [2.75, 3.05) is 56.2 Å². The zero-order valence-electron chi connectivity index (χ0n) is 17.0. The van der Waals surface area contributed by atoms with Crippen molar-refractivity contribution in [2.24, 2.45) is 0 Å². The number of ether oxygens (including phenoxy) is 1. The normalized spacial score (nSPS) is 17.9. The van der Waals surface area contributed by atoms with E-state index in [0.29, 0.717) is 22.3 Å². The molecule has 0 unspecified atom stereocenters. The van der Waals surface area contributed by atoms with Gasteiger partial charge in [0.25, 0.3) is 5.91 Å². The van der Waals surface area contributed by atoms with Crippen LogP contribution in [0.2, 0.25) is 0 Å². The lowest BCUT2D eigenvalue weighted by molar-refractivity contribution is 0.0383. The molecule has 3 heterocycles. The maximum absolute atomic E-state index is 15.0. The third-order valence-corrected chi connectivity index (χ3v) is 6.13. The summed E-state index contributed by atoms with van der Waals surface area (Å²) in [6.07, 6.45) is 3.90. The van der Waals surface area contributed by atoms with Gasteiger partial charge in [0.15, 0.2) is 10.4 Å². The second-order valence-corrected chi connectivity index (χ2v) is 8.55. The van der Waals surface area contributed by atoms with Crippen molar-refractivity contribution in [1.82, 2.24) is 4.90 Å². The van der Waals surface area contributed by atoms with E-state index in [4.69, 9.17) is 9.15 Å². The first-order valence-electron chi connectivity index (χ1n) is 10.5. The number of carbonyl (C=O) groups is 1. The Labute approximate surface area is 184 Å². The van der Waals surface area contributed by atoms with Crippen LogP contribution in [0.3, 0.4) is 0 Å². The van der Waals surface area contributed by atoms with E-state index in [0.717, 1.165) is 64.5 Å². The van der Waals surface area contributed by atoms with Gasteiger partial charge in [0.2, 0.25) is 0 Å². The molecule has 1 aromatic carbocycles. The maximum Gasteiger partial charge on any atom is 0.291 e. The number of nitrogens with zero attached hydrogens (tertiary/aromatic N) is 2. The Morgan fingerprint density at radius 2 is 1.87 bits per heavy atom. The molecular formula is C22H27BrFN3O3. The first-order valence-corrected chi connectivity index (χ1v) is 11.3. The minimum Gasteiger partial charge on any atom is -0.444 e. The van der Waals surface area contributed by atoms with E-state index in [1.54, 1.807) is 24.3 Å². The number of carbonyl (C=O) groups excluding carboxylic acids is 1. The number of amides is 1. The molecule has 2 aliphatic rings. The molecule has 2 aliphatic heterocycles. The standard InChI is InChI=1S/C22H27BrFN3O3/c23-21-5-4-20(30-21)22(28)25-18-14-16(6-9-26-10-12-29-13-11-26)17(24)15-19(18)27-7-2-1-3-8-27/h4-5,14-15H,1-3,6-13H2,(H,25,28). The number of hydrogen-bond donors (Lipinski definition) is 1. The fraction of sp³-hybridized carbons (Fsp3) is 0.500. The van der Waals surface area contributed by atoms with Crippen LogP contribution in [0.15, 0.2) is 33.4 Å². The fourth-order valence-electron chi connectivity index (χ4n) is 4.02. The lowest BCUT2D eigenvalue weighted by atomic mass is 10.0. The molecule has 1 amide bonds. The average Bonchev–Trinajstić information content (AvgIpc) is 3.21. The summed E-state index contributed by atoms with van der Waals surface area (Å²) < 4.78 is 26.3. The number of hydrogen-bond acceptors (Lipinski definition) is 5. The largest absolute Gasteiger partial charge is 0.444 e. The zero-order valence-corrected chi connectivity index (χ0v) is 18.5. The highest BCUT2D eigenvalue weighted by Gasteiger charge is 2.21. The molecule has 0 aliphatic carbocycles. The highest BCUT2D eigenvalue weighted by Crippen LogP contribution is 2.32. The van der Waals surface area contributed by atoms with Crippen molar-refractivity contribution in [1.29, 1.82) is 0 Å². The average molecular weight is 480 g/mol. The van der Waals surface area contributed by atoms with Crippen molar-refractivity contribution in [3.63, 3.8) is 0 Å². The van der Waals surface area contributed by atoms with Crippen LogP contribution in [0.5, 0.6) is 0 Å². The monoisotopic (exact) mass is 479 g/mol. The molecule has 0 saturated carbocycles. The van der Waals surface area contributed by atoms with E-state index in [9.17, 15) is 9.18 Å². The number of piperidine rings is 1. The van der Waals surface area contributed by atoms with Crippen LogP contribution in [0.1, 0.15) is 35.4 Å². The molecular weight excluding hydrogens is 453 g/mol. The Morgan fingerprint density at radius 3 is 2.57 bits per heavy atom. The Bertz CT molecular complexity index is 877. The van der Waals surface area contributed by atoms with Crippen LogP contribution in [0, 0.1) is 5.82 Å². The van der Waals surface area contributed by atoms with Gasteiger partial charge in [0.1, 0.15) is 5.82 Å². The van der Waals surface area contributed by atoms with Gasteiger partial charge in [-0.2, -0.15) is 0 Å². The van der Waals surface area contributed by atoms with E-state index in [1.165, 1.54) is 6.42 Å². The van der Waals surface area contributed by atoms with Crippen LogP contribution in [0.4, 0.5) is 15.8 Å². The van der Waals surface area contributed by atoms with Gasteiger partial charge in [-0.05, 0) is 71.4 Å². The lowest BCUT2D eigenvalue weighted by Crippen LogP contribution is -2.37. The molecule has 162 valence electrons. The molecule has 4 rings (SSSR count). The molecule has 8 heteroatoms. The number of anilines is 2. The van der Waals surface area contributed by atoms with Gasteiger partial charge >= 0.3 is 0 Å². The van der Waals surface area contributed by atoms with Gasteiger partial charge in [-0.15, -0.1) is 0 Å². The first-order chi connectivity index (χ1) is 14.6. The van der Waals surface area contributed by atoms with E-state index in [-0.39, 0.29) is 17.5 Å². The lowest BCUT2D eigenvalue weighted by Gasteiger charge is -2.31. The molecule has 2 fully saturated rings. The van der Waals surface area contributed by atoms with Gasteiger partial charge in [0.05, 0.1) is 24.6 Å². The Balaban J connectivity index is 1.56. The summed E-state index contributed by atoms with van der Waals surface area (Å²) in [6, 6.07) is 6.66. The van der Waals surface area contributed by atoms with Crippen molar-refractivity contribution in [3.05, 3.63) is 46.1 Å². The van der Waals surface area contributed by atoms with Crippen molar-refractivity contribution < 1.29 is 18.3 Å². The van der Waals surface area contributed by atoms with E-state index in [2.05, 4.69) is 31.0 Å².